The van der Waals surface area contributed by atoms with E-state index in [4.69, 9.17) is 4.74 Å². The molecule has 3 aliphatic rings. The lowest BCUT2D eigenvalue weighted by Gasteiger charge is -2.45. The fourth-order valence-corrected chi connectivity index (χ4v) is 4.69. The van der Waals surface area contributed by atoms with E-state index in [0.29, 0.717) is 6.61 Å². The van der Waals surface area contributed by atoms with Gasteiger partial charge >= 0.3 is 0 Å². The molecule has 0 spiro atoms. The Morgan fingerprint density at radius 3 is 2.12 bits per heavy atom. The molecule has 5 heteroatoms. The molecular weight excluding hydrogens is 302 g/mol. The summed E-state index contributed by atoms with van der Waals surface area (Å²) >= 11 is 0. The maximum absolute atomic E-state index is 10.2. The Bertz CT molecular complexity index is 390. The number of ether oxygens (including phenoxy) is 1. The van der Waals surface area contributed by atoms with Crippen molar-refractivity contribution in [3.63, 3.8) is 0 Å². The van der Waals surface area contributed by atoms with E-state index in [-0.39, 0.29) is 11.7 Å². The average molecular weight is 340 g/mol. The minimum Gasteiger partial charge on any atom is -0.389 e. The van der Waals surface area contributed by atoms with Gasteiger partial charge in [-0.25, -0.2) is 0 Å². The Kier molecular flexibility index (Phi) is 5.87. The van der Waals surface area contributed by atoms with E-state index in [9.17, 15) is 5.11 Å². The van der Waals surface area contributed by atoms with Crippen molar-refractivity contribution in [2.24, 2.45) is 0 Å². The average Bonchev–Trinajstić information content (AvgIpc) is 2.74. The van der Waals surface area contributed by atoms with Crippen LogP contribution in [0, 0.1) is 0 Å². The summed E-state index contributed by atoms with van der Waals surface area (Å²) in [6.07, 6.45) is 5.13. The molecule has 0 aromatic carbocycles. The molecule has 5 nitrogen and oxygen atoms in total. The molecule has 0 aromatic heterocycles. The monoisotopic (exact) mass is 339 g/mol. The van der Waals surface area contributed by atoms with Crippen molar-refractivity contribution >= 4 is 0 Å². The van der Waals surface area contributed by atoms with Crippen molar-refractivity contribution in [3.05, 3.63) is 0 Å². The van der Waals surface area contributed by atoms with Gasteiger partial charge in [-0.05, 0) is 53.5 Å². The van der Waals surface area contributed by atoms with Crippen molar-refractivity contribution in [3.8, 4) is 0 Å². The second-order valence-corrected chi connectivity index (χ2v) is 9.09. The molecule has 3 unspecified atom stereocenters. The number of aliphatic hydroxyl groups excluding tert-OH is 1. The van der Waals surface area contributed by atoms with Gasteiger partial charge in [0.05, 0.1) is 18.3 Å². The van der Waals surface area contributed by atoms with Crippen LogP contribution >= 0.6 is 0 Å². The molecule has 0 aromatic rings. The molecule has 3 aliphatic heterocycles. The first-order chi connectivity index (χ1) is 11.3. The highest BCUT2D eigenvalue weighted by molar-refractivity contribution is 4.97. The van der Waals surface area contributed by atoms with Gasteiger partial charge in [-0.15, -0.1) is 0 Å². The molecule has 3 heterocycles. The zero-order valence-electron chi connectivity index (χ0n) is 16.1. The standard InChI is InChI=1S/C19H37N3O2/c1-19(2,3)24-14-18(23)13-21-7-9-22(10-8-21)17-11-15-5-6-16(12-17)20(15)4/h15-18,23H,5-14H2,1-4H3. The van der Waals surface area contributed by atoms with Crippen LogP contribution in [0.4, 0.5) is 0 Å². The Hall–Kier alpha value is -0.200. The fraction of sp³-hybridized carbons (Fsp3) is 1.00. The number of hydrogen-bond acceptors (Lipinski definition) is 5. The Balaban J connectivity index is 1.38. The predicted molar refractivity (Wildman–Crippen MR) is 97.3 cm³/mol. The third-order valence-corrected chi connectivity index (χ3v) is 6.17. The van der Waals surface area contributed by atoms with Gasteiger partial charge in [-0.1, -0.05) is 0 Å². The first kappa shape index (κ1) is 18.6. The summed E-state index contributed by atoms with van der Waals surface area (Å²) in [4.78, 5) is 7.74. The summed E-state index contributed by atoms with van der Waals surface area (Å²) in [6.45, 7) is 11.7. The van der Waals surface area contributed by atoms with Gasteiger partial charge in [0, 0.05) is 50.8 Å². The van der Waals surface area contributed by atoms with E-state index in [1.807, 2.05) is 20.8 Å². The molecule has 3 fully saturated rings. The van der Waals surface area contributed by atoms with Crippen LogP contribution < -0.4 is 0 Å². The van der Waals surface area contributed by atoms with Crippen LogP contribution in [-0.2, 0) is 4.74 Å². The second-order valence-electron chi connectivity index (χ2n) is 9.09. The predicted octanol–water partition coefficient (Wildman–Crippen LogP) is 1.41. The van der Waals surface area contributed by atoms with Crippen molar-refractivity contribution in [2.45, 2.75) is 76.3 Å². The molecule has 3 atom stereocenters. The summed E-state index contributed by atoms with van der Waals surface area (Å²) in [5, 5.41) is 10.2. The first-order valence-electron chi connectivity index (χ1n) is 9.82. The molecule has 1 N–H and O–H groups in total. The van der Waals surface area contributed by atoms with Gasteiger partial charge in [-0.3, -0.25) is 9.80 Å². The van der Waals surface area contributed by atoms with E-state index in [0.717, 1.165) is 50.8 Å². The van der Waals surface area contributed by atoms with Crippen LogP contribution in [0.15, 0.2) is 0 Å². The Morgan fingerprint density at radius 1 is 1.00 bits per heavy atom. The lowest BCUT2D eigenvalue weighted by atomic mass is 9.96. The number of piperazine rings is 1. The van der Waals surface area contributed by atoms with Gasteiger partial charge in [-0.2, -0.15) is 0 Å². The largest absolute Gasteiger partial charge is 0.389 e. The third kappa shape index (κ3) is 4.70. The maximum Gasteiger partial charge on any atom is 0.0900 e. The smallest absolute Gasteiger partial charge is 0.0900 e. The van der Waals surface area contributed by atoms with Crippen LogP contribution in [0.1, 0.15) is 46.5 Å². The molecule has 140 valence electrons. The van der Waals surface area contributed by atoms with Gasteiger partial charge in [0.25, 0.3) is 0 Å². The SMILES string of the molecule is CN1C2CCC1CC(N1CCN(CC(O)COC(C)(C)C)CC1)C2. The molecule has 3 rings (SSSR count). The Labute approximate surface area is 147 Å². The van der Waals surface area contributed by atoms with E-state index in [1.54, 1.807) is 0 Å². The third-order valence-electron chi connectivity index (χ3n) is 6.17. The topological polar surface area (TPSA) is 39.2 Å². The second kappa shape index (κ2) is 7.58. The number of nitrogens with zero attached hydrogens (tertiary/aromatic N) is 3. The van der Waals surface area contributed by atoms with Crippen LogP contribution in [0.2, 0.25) is 0 Å². The molecule has 3 saturated heterocycles. The molecule has 24 heavy (non-hydrogen) atoms. The van der Waals surface area contributed by atoms with Crippen molar-refractivity contribution in [1.82, 2.24) is 14.7 Å². The highest BCUT2D eigenvalue weighted by Crippen LogP contribution is 2.36. The first-order valence-corrected chi connectivity index (χ1v) is 9.82. The van der Waals surface area contributed by atoms with Crippen LogP contribution in [-0.4, -0.2) is 96.0 Å². The lowest BCUT2D eigenvalue weighted by molar-refractivity contribution is -0.0602. The molecule has 2 bridgehead atoms. The highest BCUT2D eigenvalue weighted by Gasteiger charge is 2.40. The summed E-state index contributed by atoms with van der Waals surface area (Å²) in [5.41, 5.74) is -0.173. The normalized spacial score (nSPS) is 34.6. The highest BCUT2D eigenvalue weighted by atomic mass is 16.5. The quantitative estimate of drug-likeness (QED) is 0.820. The van der Waals surface area contributed by atoms with Crippen molar-refractivity contribution in [2.75, 3.05) is 46.4 Å². The lowest BCUT2D eigenvalue weighted by Crippen LogP contribution is -2.55. The van der Waals surface area contributed by atoms with Crippen LogP contribution in [0.25, 0.3) is 0 Å². The van der Waals surface area contributed by atoms with Gasteiger partial charge in [0.15, 0.2) is 0 Å². The molecule has 0 radical (unpaired) electrons. The summed E-state index contributed by atoms with van der Waals surface area (Å²) in [5.74, 6) is 0. The van der Waals surface area contributed by atoms with E-state index >= 15 is 0 Å². The van der Waals surface area contributed by atoms with Crippen LogP contribution in [0.3, 0.4) is 0 Å². The minimum atomic E-state index is -0.380. The van der Waals surface area contributed by atoms with Crippen molar-refractivity contribution < 1.29 is 9.84 Å². The van der Waals surface area contributed by atoms with Crippen LogP contribution in [0.5, 0.6) is 0 Å². The van der Waals surface area contributed by atoms with Crippen molar-refractivity contribution in [1.29, 1.82) is 0 Å². The van der Waals surface area contributed by atoms with E-state index in [2.05, 4.69) is 21.7 Å². The van der Waals surface area contributed by atoms with Gasteiger partial charge in [0.1, 0.15) is 0 Å². The molecule has 0 saturated carbocycles. The summed E-state index contributed by atoms with van der Waals surface area (Å²) in [7, 11) is 2.32. The number of hydrogen-bond donors (Lipinski definition) is 1. The summed E-state index contributed by atoms with van der Waals surface area (Å²) < 4.78 is 5.70. The molecule has 0 amide bonds. The zero-order chi connectivity index (χ0) is 17.3. The molecular formula is C19H37N3O2. The number of β-amino-alcohol motifs (C(OH)–C–C–N with tert-alkyl or cyclic N) is 1. The van der Waals surface area contributed by atoms with E-state index < -0.39 is 0 Å². The number of aliphatic hydroxyl groups is 1. The number of rotatable bonds is 5. The molecule has 0 aliphatic carbocycles. The fourth-order valence-electron chi connectivity index (χ4n) is 4.69. The number of fused-ring (bicyclic) bond motifs is 2. The minimum absolute atomic E-state index is 0.173. The Morgan fingerprint density at radius 2 is 1.58 bits per heavy atom. The number of piperidine rings is 1. The maximum atomic E-state index is 10.2. The van der Waals surface area contributed by atoms with E-state index in [1.165, 1.54) is 25.7 Å². The van der Waals surface area contributed by atoms with Gasteiger partial charge in [0.2, 0.25) is 0 Å². The van der Waals surface area contributed by atoms with Gasteiger partial charge < -0.3 is 14.7 Å². The zero-order valence-corrected chi connectivity index (χ0v) is 16.1. The summed E-state index contributed by atoms with van der Waals surface area (Å²) in [6, 6.07) is 2.43.